The summed E-state index contributed by atoms with van der Waals surface area (Å²) < 4.78 is 2.29. The van der Waals surface area contributed by atoms with Gasteiger partial charge in [0.05, 0.1) is 6.04 Å². The lowest BCUT2D eigenvalue weighted by molar-refractivity contribution is 0.700. The van der Waals surface area contributed by atoms with Crippen LogP contribution in [0.15, 0.2) is 38.6 Å². The molecule has 0 radical (unpaired) electrons. The summed E-state index contributed by atoms with van der Waals surface area (Å²) in [5, 5.41) is 5.48. The number of benzene rings is 1. The third-order valence-corrected chi connectivity index (χ3v) is 5.18. The van der Waals surface area contributed by atoms with Crippen molar-refractivity contribution in [1.29, 1.82) is 0 Å². The molecule has 0 aliphatic rings. The Balaban J connectivity index is 2.48. The zero-order valence-corrected chi connectivity index (χ0v) is 13.6. The molecular formula is C13H13Br2NS. The molecule has 0 bridgehead atoms. The van der Waals surface area contributed by atoms with Gasteiger partial charge in [-0.1, -0.05) is 37.9 Å². The highest BCUT2D eigenvalue weighted by Crippen LogP contribution is 2.34. The van der Waals surface area contributed by atoms with Gasteiger partial charge in [0.2, 0.25) is 0 Å². The predicted octanol–water partition coefficient (Wildman–Crippen LogP) is 4.89. The SMILES string of the molecule is CNC(c1cccs1)c1cc(Br)c(C)cc1Br. The van der Waals surface area contributed by atoms with Crippen LogP contribution in [-0.2, 0) is 0 Å². The molecule has 0 saturated heterocycles. The molecule has 0 saturated carbocycles. The Morgan fingerprint density at radius 3 is 2.59 bits per heavy atom. The zero-order valence-electron chi connectivity index (χ0n) is 9.63. The second kappa shape index (κ2) is 5.65. The summed E-state index contributed by atoms with van der Waals surface area (Å²) in [5.74, 6) is 0. The van der Waals surface area contributed by atoms with Gasteiger partial charge in [-0.2, -0.15) is 0 Å². The topological polar surface area (TPSA) is 12.0 Å². The smallest absolute Gasteiger partial charge is 0.0680 e. The van der Waals surface area contributed by atoms with Gasteiger partial charge in [-0.15, -0.1) is 11.3 Å². The summed E-state index contributed by atoms with van der Waals surface area (Å²) in [6, 6.07) is 8.81. The molecule has 1 unspecified atom stereocenters. The molecule has 2 aromatic rings. The molecule has 17 heavy (non-hydrogen) atoms. The number of rotatable bonds is 3. The van der Waals surface area contributed by atoms with Crippen molar-refractivity contribution in [1.82, 2.24) is 5.32 Å². The maximum absolute atomic E-state index is 3.65. The molecule has 0 aliphatic carbocycles. The molecular weight excluding hydrogens is 362 g/mol. The maximum Gasteiger partial charge on any atom is 0.0680 e. The van der Waals surface area contributed by atoms with E-state index in [9.17, 15) is 0 Å². The standard InChI is InChI=1S/C13H13Br2NS/c1-8-6-11(15)9(7-10(8)14)13(16-2)12-4-3-5-17-12/h3-7,13,16H,1-2H3. The van der Waals surface area contributed by atoms with Crippen molar-refractivity contribution >= 4 is 43.2 Å². The van der Waals surface area contributed by atoms with E-state index in [1.165, 1.54) is 16.0 Å². The Hall–Kier alpha value is -0.160. The van der Waals surface area contributed by atoms with E-state index >= 15 is 0 Å². The van der Waals surface area contributed by atoms with Crippen LogP contribution in [0.25, 0.3) is 0 Å². The maximum atomic E-state index is 3.65. The lowest BCUT2D eigenvalue weighted by Gasteiger charge is -2.18. The van der Waals surface area contributed by atoms with Gasteiger partial charge in [0.15, 0.2) is 0 Å². The van der Waals surface area contributed by atoms with Gasteiger partial charge in [0.1, 0.15) is 0 Å². The van der Waals surface area contributed by atoms with Crippen molar-refractivity contribution < 1.29 is 0 Å². The second-order valence-electron chi connectivity index (χ2n) is 3.86. The highest BCUT2D eigenvalue weighted by Gasteiger charge is 2.16. The van der Waals surface area contributed by atoms with Gasteiger partial charge in [-0.05, 0) is 48.7 Å². The van der Waals surface area contributed by atoms with Gasteiger partial charge in [0, 0.05) is 13.8 Å². The number of thiophene rings is 1. The molecule has 0 amide bonds. The summed E-state index contributed by atoms with van der Waals surface area (Å²) in [5.41, 5.74) is 2.49. The first-order chi connectivity index (χ1) is 8.13. The van der Waals surface area contributed by atoms with Crippen LogP contribution in [0.1, 0.15) is 22.0 Å². The molecule has 1 atom stereocenters. The molecule has 1 heterocycles. The van der Waals surface area contributed by atoms with Crippen LogP contribution in [0, 0.1) is 6.92 Å². The van der Waals surface area contributed by atoms with E-state index < -0.39 is 0 Å². The Morgan fingerprint density at radius 2 is 2.00 bits per heavy atom. The third kappa shape index (κ3) is 2.81. The predicted molar refractivity (Wildman–Crippen MR) is 81.8 cm³/mol. The van der Waals surface area contributed by atoms with Crippen molar-refractivity contribution in [2.24, 2.45) is 0 Å². The lowest BCUT2D eigenvalue weighted by atomic mass is 10.0. The molecule has 1 nitrogen and oxygen atoms in total. The lowest BCUT2D eigenvalue weighted by Crippen LogP contribution is -2.17. The fourth-order valence-electron chi connectivity index (χ4n) is 1.79. The van der Waals surface area contributed by atoms with E-state index in [4.69, 9.17) is 0 Å². The van der Waals surface area contributed by atoms with E-state index in [0.29, 0.717) is 0 Å². The minimum absolute atomic E-state index is 0.237. The van der Waals surface area contributed by atoms with Gasteiger partial charge in [-0.3, -0.25) is 0 Å². The van der Waals surface area contributed by atoms with Gasteiger partial charge in [0.25, 0.3) is 0 Å². The van der Waals surface area contributed by atoms with Crippen molar-refractivity contribution in [3.8, 4) is 0 Å². The first-order valence-corrected chi connectivity index (χ1v) is 7.76. The Bertz CT molecular complexity index is 508. The molecule has 0 fully saturated rings. The van der Waals surface area contributed by atoms with Crippen molar-refractivity contribution in [3.05, 3.63) is 54.6 Å². The Kier molecular flexibility index (Phi) is 4.42. The van der Waals surface area contributed by atoms with Crippen LogP contribution in [0.2, 0.25) is 0 Å². The normalized spacial score (nSPS) is 12.7. The molecule has 1 N–H and O–H groups in total. The highest BCUT2D eigenvalue weighted by molar-refractivity contribution is 9.11. The van der Waals surface area contributed by atoms with Crippen LogP contribution in [0.3, 0.4) is 0 Å². The quantitative estimate of drug-likeness (QED) is 0.806. The number of aryl methyl sites for hydroxylation is 1. The fourth-order valence-corrected chi connectivity index (χ4v) is 3.69. The van der Waals surface area contributed by atoms with E-state index in [2.05, 4.69) is 73.7 Å². The van der Waals surface area contributed by atoms with Crippen molar-refractivity contribution in [3.63, 3.8) is 0 Å². The van der Waals surface area contributed by atoms with Gasteiger partial charge in [-0.25, -0.2) is 0 Å². The third-order valence-electron chi connectivity index (χ3n) is 2.71. The molecule has 0 spiro atoms. The minimum Gasteiger partial charge on any atom is -0.309 e. The zero-order chi connectivity index (χ0) is 12.4. The number of hydrogen-bond acceptors (Lipinski definition) is 2. The van der Waals surface area contributed by atoms with Crippen LogP contribution >= 0.6 is 43.2 Å². The molecule has 4 heteroatoms. The van der Waals surface area contributed by atoms with Crippen molar-refractivity contribution in [2.75, 3.05) is 7.05 Å². The van der Waals surface area contributed by atoms with E-state index in [1.54, 1.807) is 11.3 Å². The summed E-state index contributed by atoms with van der Waals surface area (Å²) in [6.07, 6.45) is 0. The first kappa shape index (κ1) is 13.3. The summed E-state index contributed by atoms with van der Waals surface area (Å²) in [7, 11) is 1.99. The van der Waals surface area contributed by atoms with E-state index in [-0.39, 0.29) is 6.04 Å². The molecule has 1 aromatic heterocycles. The Morgan fingerprint density at radius 1 is 1.24 bits per heavy atom. The second-order valence-corrected chi connectivity index (χ2v) is 6.55. The fraction of sp³-hybridized carbons (Fsp3) is 0.231. The highest BCUT2D eigenvalue weighted by atomic mass is 79.9. The number of hydrogen-bond donors (Lipinski definition) is 1. The average molecular weight is 375 g/mol. The number of nitrogens with one attached hydrogen (secondary N) is 1. The van der Waals surface area contributed by atoms with Crippen molar-refractivity contribution in [2.45, 2.75) is 13.0 Å². The van der Waals surface area contributed by atoms with Crippen LogP contribution < -0.4 is 5.32 Å². The minimum atomic E-state index is 0.237. The van der Waals surface area contributed by atoms with Gasteiger partial charge < -0.3 is 5.32 Å². The molecule has 90 valence electrons. The summed E-state index contributed by atoms with van der Waals surface area (Å²) in [4.78, 5) is 1.32. The van der Waals surface area contributed by atoms with Crippen LogP contribution in [0.5, 0.6) is 0 Å². The summed E-state index contributed by atoms with van der Waals surface area (Å²) in [6.45, 7) is 2.10. The molecule has 0 aliphatic heterocycles. The first-order valence-electron chi connectivity index (χ1n) is 5.29. The Labute approximate surface area is 123 Å². The average Bonchev–Trinajstić information content (AvgIpc) is 2.80. The monoisotopic (exact) mass is 373 g/mol. The van der Waals surface area contributed by atoms with Crippen LogP contribution in [0.4, 0.5) is 0 Å². The summed E-state index contributed by atoms with van der Waals surface area (Å²) >= 11 is 9.02. The largest absolute Gasteiger partial charge is 0.309 e. The molecule has 1 aromatic carbocycles. The van der Waals surface area contributed by atoms with E-state index in [1.807, 2.05) is 7.05 Å². The number of halogens is 2. The van der Waals surface area contributed by atoms with Gasteiger partial charge >= 0.3 is 0 Å². The van der Waals surface area contributed by atoms with Crippen LogP contribution in [-0.4, -0.2) is 7.05 Å². The molecule has 2 rings (SSSR count). The van der Waals surface area contributed by atoms with E-state index in [0.717, 1.165) is 8.95 Å².